The quantitative estimate of drug-likeness (QED) is 0.428. The number of allylic oxidation sites excluding steroid dienone is 1. The molecule has 0 bridgehead atoms. The van der Waals surface area contributed by atoms with Crippen LogP contribution in [-0.4, -0.2) is 5.97 Å². The Morgan fingerprint density at radius 1 is 1.58 bits per heavy atom. The first-order valence-electron chi connectivity index (χ1n) is 4.53. The van der Waals surface area contributed by atoms with Crippen LogP contribution in [0.3, 0.4) is 0 Å². The lowest BCUT2D eigenvalue weighted by molar-refractivity contribution is -0.306. The first kappa shape index (κ1) is 11.2. The van der Waals surface area contributed by atoms with Gasteiger partial charge in [-0.3, -0.25) is 0 Å². The highest BCUT2D eigenvalue weighted by molar-refractivity contribution is 5.64. The van der Waals surface area contributed by atoms with Crippen LogP contribution >= 0.6 is 0 Å². The maximum atomic E-state index is 10.2. The van der Waals surface area contributed by atoms with E-state index >= 15 is 0 Å². The minimum absolute atomic E-state index is 0.0987. The summed E-state index contributed by atoms with van der Waals surface area (Å²) in [4.78, 5) is 10.2. The van der Waals surface area contributed by atoms with Crippen molar-refractivity contribution in [2.24, 2.45) is 5.92 Å². The van der Waals surface area contributed by atoms with E-state index < -0.39 is 5.97 Å². The van der Waals surface area contributed by atoms with E-state index in [1.165, 1.54) is 0 Å². The molecule has 0 radical (unpaired) electrons. The number of aliphatic carboxylic acids is 1. The van der Waals surface area contributed by atoms with Crippen molar-refractivity contribution >= 4 is 5.97 Å². The van der Waals surface area contributed by atoms with Crippen LogP contribution in [-0.2, 0) is 4.79 Å². The summed E-state index contributed by atoms with van der Waals surface area (Å²) in [6, 6.07) is 0. The summed E-state index contributed by atoms with van der Waals surface area (Å²) < 4.78 is 0. The van der Waals surface area contributed by atoms with E-state index in [9.17, 15) is 9.90 Å². The Hall–Kier alpha value is -0.790. The smallest absolute Gasteiger partial charge is 0.0420 e. The van der Waals surface area contributed by atoms with Gasteiger partial charge < -0.3 is 9.90 Å². The minimum atomic E-state index is -0.976. The molecule has 1 unspecified atom stereocenters. The van der Waals surface area contributed by atoms with Crippen LogP contribution in [0.4, 0.5) is 0 Å². The highest BCUT2D eigenvalue weighted by atomic mass is 16.4. The lowest BCUT2D eigenvalue weighted by Gasteiger charge is -2.11. The number of rotatable bonds is 7. The van der Waals surface area contributed by atoms with Crippen molar-refractivity contribution in [2.45, 2.75) is 39.0 Å². The molecule has 0 rings (SSSR count). The molecule has 1 atom stereocenters. The molecule has 70 valence electrons. The van der Waals surface area contributed by atoms with Crippen LogP contribution in [0.25, 0.3) is 0 Å². The second kappa shape index (κ2) is 6.89. The molecule has 0 aromatic rings. The van der Waals surface area contributed by atoms with Crippen molar-refractivity contribution in [3.8, 4) is 0 Å². The van der Waals surface area contributed by atoms with Gasteiger partial charge in [0.1, 0.15) is 0 Å². The van der Waals surface area contributed by atoms with Crippen LogP contribution in [0.2, 0.25) is 0 Å². The SMILES string of the molecule is C=CC(CCCCC)CC(=O)[O-]. The zero-order valence-corrected chi connectivity index (χ0v) is 7.71. The summed E-state index contributed by atoms with van der Waals surface area (Å²) in [5.41, 5.74) is 0. The number of hydrogen-bond donors (Lipinski definition) is 0. The second-order valence-corrected chi connectivity index (χ2v) is 3.07. The van der Waals surface area contributed by atoms with E-state index in [1.54, 1.807) is 6.08 Å². The molecule has 0 aliphatic carbocycles. The van der Waals surface area contributed by atoms with Crippen molar-refractivity contribution in [3.05, 3.63) is 12.7 Å². The van der Waals surface area contributed by atoms with E-state index in [0.717, 1.165) is 25.7 Å². The van der Waals surface area contributed by atoms with Gasteiger partial charge in [-0.2, -0.15) is 0 Å². The zero-order chi connectivity index (χ0) is 9.40. The van der Waals surface area contributed by atoms with E-state index in [1.807, 2.05) is 0 Å². The summed E-state index contributed by atoms with van der Waals surface area (Å²) >= 11 is 0. The van der Waals surface area contributed by atoms with Gasteiger partial charge in [-0.15, -0.1) is 6.58 Å². The highest BCUT2D eigenvalue weighted by Gasteiger charge is 2.03. The standard InChI is InChI=1S/C10H18O2/c1-3-5-6-7-9(4-2)8-10(11)12/h4,9H,2-3,5-8H2,1H3,(H,11,12)/p-1. The molecule has 0 aromatic heterocycles. The maximum Gasteiger partial charge on any atom is 0.0420 e. The van der Waals surface area contributed by atoms with E-state index in [0.29, 0.717) is 0 Å². The summed E-state index contributed by atoms with van der Waals surface area (Å²) in [7, 11) is 0. The van der Waals surface area contributed by atoms with Crippen molar-refractivity contribution in [3.63, 3.8) is 0 Å². The van der Waals surface area contributed by atoms with Gasteiger partial charge in [-0.05, 0) is 18.8 Å². The second-order valence-electron chi connectivity index (χ2n) is 3.07. The van der Waals surface area contributed by atoms with Gasteiger partial charge in [0, 0.05) is 5.97 Å². The zero-order valence-electron chi connectivity index (χ0n) is 7.71. The Morgan fingerprint density at radius 3 is 2.67 bits per heavy atom. The first-order chi connectivity index (χ1) is 5.70. The van der Waals surface area contributed by atoms with Crippen LogP contribution in [0.1, 0.15) is 39.0 Å². The average molecular weight is 169 g/mol. The summed E-state index contributed by atoms with van der Waals surface area (Å²) in [6.07, 6.45) is 6.16. The van der Waals surface area contributed by atoms with Gasteiger partial charge in [-0.1, -0.05) is 32.3 Å². The maximum absolute atomic E-state index is 10.2. The molecule has 12 heavy (non-hydrogen) atoms. The van der Waals surface area contributed by atoms with E-state index in [4.69, 9.17) is 0 Å². The molecule has 2 heteroatoms. The molecule has 0 amide bonds. The summed E-state index contributed by atoms with van der Waals surface area (Å²) in [5.74, 6) is -0.877. The van der Waals surface area contributed by atoms with Crippen LogP contribution < -0.4 is 5.11 Å². The third-order valence-corrected chi connectivity index (χ3v) is 1.94. The molecule has 0 heterocycles. The average Bonchev–Trinajstić information content (AvgIpc) is 2.02. The Balaban J connectivity index is 3.53. The molecular formula is C10H17O2-. The monoisotopic (exact) mass is 169 g/mol. The Labute approximate surface area is 74.3 Å². The largest absolute Gasteiger partial charge is 0.550 e. The van der Waals surface area contributed by atoms with Gasteiger partial charge in [0.2, 0.25) is 0 Å². The van der Waals surface area contributed by atoms with Gasteiger partial charge in [0.25, 0.3) is 0 Å². The highest BCUT2D eigenvalue weighted by Crippen LogP contribution is 2.13. The number of carboxylic acid groups (broad SMARTS) is 1. The van der Waals surface area contributed by atoms with Crippen molar-refractivity contribution in [1.82, 2.24) is 0 Å². The number of carbonyl (C=O) groups is 1. The molecule has 2 nitrogen and oxygen atoms in total. The van der Waals surface area contributed by atoms with Crippen molar-refractivity contribution in [2.75, 3.05) is 0 Å². The van der Waals surface area contributed by atoms with E-state index in [2.05, 4.69) is 13.5 Å². The summed E-state index contributed by atoms with van der Waals surface area (Å²) in [6.45, 7) is 5.73. The van der Waals surface area contributed by atoms with Crippen molar-refractivity contribution < 1.29 is 9.90 Å². The normalized spacial score (nSPS) is 12.4. The first-order valence-corrected chi connectivity index (χ1v) is 4.53. The fraction of sp³-hybridized carbons (Fsp3) is 0.700. The third-order valence-electron chi connectivity index (χ3n) is 1.94. The predicted molar refractivity (Wildman–Crippen MR) is 47.5 cm³/mol. The fourth-order valence-electron chi connectivity index (χ4n) is 1.17. The molecule has 0 fully saturated rings. The van der Waals surface area contributed by atoms with Gasteiger partial charge >= 0.3 is 0 Å². The molecule has 0 saturated heterocycles. The number of carbonyl (C=O) groups excluding carboxylic acids is 1. The van der Waals surface area contributed by atoms with Crippen LogP contribution in [0.15, 0.2) is 12.7 Å². The van der Waals surface area contributed by atoms with Crippen molar-refractivity contribution in [1.29, 1.82) is 0 Å². The lowest BCUT2D eigenvalue weighted by Crippen LogP contribution is -2.24. The fourth-order valence-corrected chi connectivity index (χ4v) is 1.17. The topological polar surface area (TPSA) is 40.1 Å². The van der Waals surface area contributed by atoms with E-state index in [-0.39, 0.29) is 12.3 Å². The lowest BCUT2D eigenvalue weighted by atomic mass is 9.98. The molecule has 0 N–H and O–H groups in total. The molecule has 0 saturated carbocycles. The molecule has 0 aliphatic heterocycles. The Bertz CT molecular complexity index is 141. The van der Waals surface area contributed by atoms with Gasteiger partial charge in [0.05, 0.1) is 0 Å². The number of unbranched alkanes of at least 4 members (excludes halogenated alkanes) is 2. The number of carboxylic acids is 1. The number of hydrogen-bond acceptors (Lipinski definition) is 2. The molecule has 0 spiro atoms. The Kier molecular flexibility index (Phi) is 6.44. The van der Waals surface area contributed by atoms with Gasteiger partial charge in [0.15, 0.2) is 0 Å². The van der Waals surface area contributed by atoms with Gasteiger partial charge in [-0.25, -0.2) is 0 Å². The molecule has 0 aromatic carbocycles. The third kappa shape index (κ3) is 5.96. The minimum Gasteiger partial charge on any atom is -0.550 e. The molecule has 0 aliphatic rings. The summed E-state index contributed by atoms with van der Waals surface area (Å²) in [5, 5.41) is 10.2. The predicted octanol–water partition coefficient (Wildman–Crippen LogP) is 1.51. The van der Waals surface area contributed by atoms with Crippen LogP contribution in [0, 0.1) is 5.92 Å². The Morgan fingerprint density at radius 2 is 2.25 bits per heavy atom. The van der Waals surface area contributed by atoms with Crippen LogP contribution in [0.5, 0.6) is 0 Å². The molecular weight excluding hydrogens is 152 g/mol.